The lowest BCUT2D eigenvalue weighted by Crippen LogP contribution is -2.10. The molecule has 0 spiro atoms. The molecule has 4 aromatic rings. The summed E-state index contributed by atoms with van der Waals surface area (Å²) in [4.78, 5) is 16.8. The quantitative estimate of drug-likeness (QED) is 0.342. The Kier molecular flexibility index (Phi) is 6.45. The van der Waals surface area contributed by atoms with Crippen LogP contribution in [0.3, 0.4) is 0 Å². The highest BCUT2D eigenvalue weighted by Gasteiger charge is 2.15. The number of aryl methyl sites for hydroxylation is 1. The van der Waals surface area contributed by atoms with Crippen molar-refractivity contribution in [1.82, 2.24) is 4.98 Å². The van der Waals surface area contributed by atoms with Crippen molar-refractivity contribution in [3.05, 3.63) is 78.2 Å². The van der Waals surface area contributed by atoms with Crippen molar-refractivity contribution in [3.63, 3.8) is 0 Å². The topological polar surface area (TPSA) is 73.6 Å². The molecule has 6 nitrogen and oxygen atoms in total. The number of rotatable bonds is 7. The summed E-state index contributed by atoms with van der Waals surface area (Å²) >= 11 is 0. The minimum atomic E-state index is -0.259. The van der Waals surface area contributed by atoms with Crippen LogP contribution in [-0.2, 0) is 4.79 Å². The van der Waals surface area contributed by atoms with E-state index in [2.05, 4.69) is 10.3 Å². The van der Waals surface area contributed by atoms with Gasteiger partial charge in [0, 0.05) is 34.9 Å². The fraction of sp³-hybridized carbons (Fsp3) is 0.185. The van der Waals surface area contributed by atoms with Gasteiger partial charge in [0.15, 0.2) is 0 Å². The van der Waals surface area contributed by atoms with Crippen LogP contribution in [-0.4, -0.2) is 24.6 Å². The zero-order chi connectivity index (χ0) is 23.4. The third-order valence-corrected chi connectivity index (χ3v) is 5.31. The zero-order valence-corrected chi connectivity index (χ0v) is 19.1. The van der Waals surface area contributed by atoms with Crippen LogP contribution in [0.15, 0.2) is 71.5 Å². The van der Waals surface area contributed by atoms with Gasteiger partial charge in [-0.3, -0.25) is 4.79 Å². The first-order valence-corrected chi connectivity index (χ1v) is 10.7. The zero-order valence-electron chi connectivity index (χ0n) is 19.1. The standard InChI is InChI=1S/C27H26N2O4/c1-5-32-20-9-7-19(8-10-20)23-16-33-25-14-24(31-4)21(13-22(23)25)18(3)12-27(30)29-26-11-6-17(2)15-28-26/h6-16H,5H2,1-4H3,(H,28,29,30)/b18-12+. The first-order chi connectivity index (χ1) is 16.0. The van der Waals surface area contributed by atoms with Crippen molar-refractivity contribution in [3.8, 4) is 22.6 Å². The van der Waals surface area contributed by atoms with Crippen LogP contribution in [0.2, 0.25) is 0 Å². The number of hydrogen-bond acceptors (Lipinski definition) is 5. The largest absolute Gasteiger partial charge is 0.496 e. The number of methoxy groups -OCH3 is 1. The molecular weight excluding hydrogens is 416 g/mol. The minimum Gasteiger partial charge on any atom is -0.496 e. The Balaban J connectivity index is 1.67. The van der Waals surface area contributed by atoms with Crippen LogP contribution >= 0.6 is 0 Å². The number of furan rings is 1. The number of pyridine rings is 1. The average molecular weight is 443 g/mol. The van der Waals surface area contributed by atoms with E-state index in [1.807, 2.05) is 63.2 Å². The van der Waals surface area contributed by atoms with Gasteiger partial charge in [-0.15, -0.1) is 0 Å². The number of carbonyl (C=O) groups is 1. The number of benzene rings is 2. The lowest BCUT2D eigenvalue weighted by Gasteiger charge is -2.10. The summed E-state index contributed by atoms with van der Waals surface area (Å²) in [5, 5.41) is 3.73. The number of anilines is 1. The lowest BCUT2D eigenvalue weighted by molar-refractivity contribution is -0.111. The predicted octanol–water partition coefficient (Wildman–Crippen LogP) is 6.25. The van der Waals surface area contributed by atoms with Gasteiger partial charge in [-0.1, -0.05) is 18.2 Å². The number of ether oxygens (including phenoxy) is 2. The highest BCUT2D eigenvalue weighted by molar-refractivity contribution is 6.05. The maximum Gasteiger partial charge on any atom is 0.249 e. The summed E-state index contributed by atoms with van der Waals surface area (Å²) < 4.78 is 16.9. The lowest BCUT2D eigenvalue weighted by atomic mass is 9.99. The monoisotopic (exact) mass is 442 g/mol. The summed E-state index contributed by atoms with van der Waals surface area (Å²) in [5.41, 5.74) is 5.28. The summed E-state index contributed by atoms with van der Waals surface area (Å²) in [7, 11) is 1.60. The van der Waals surface area contributed by atoms with Crippen LogP contribution in [0.4, 0.5) is 5.82 Å². The third kappa shape index (κ3) is 4.90. The van der Waals surface area contributed by atoms with E-state index in [0.717, 1.165) is 39.0 Å². The Morgan fingerprint density at radius 1 is 1.15 bits per heavy atom. The molecule has 0 atom stereocenters. The maximum atomic E-state index is 12.6. The summed E-state index contributed by atoms with van der Waals surface area (Å²) in [6.07, 6.45) is 4.99. The molecule has 4 rings (SSSR count). The minimum absolute atomic E-state index is 0.259. The van der Waals surface area contributed by atoms with E-state index >= 15 is 0 Å². The molecule has 33 heavy (non-hydrogen) atoms. The molecule has 0 saturated carbocycles. The van der Waals surface area contributed by atoms with E-state index in [-0.39, 0.29) is 5.91 Å². The number of carbonyl (C=O) groups excluding carboxylic acids is 1. The second kappa shape index (κ2) is 9.61. The number of nitrogens with zero attached hydrogens (tertiary/aromatic N) is 1. The van der Waals surface area contributed by atoms with Crippen LogP contribution < -0.4 is 14.8 Å². The molecule has 1 N–H and O–H groups in total. The van der Waals surface area contributed by atoms with E-state index in [0.29, 0.717) is 23.8 Å². The van der Waals surface area contributed by atoms with Gasteiger partial charge in [0.05, 0.1) is 20.0 Å². The Morgan fingerprint density at radius 2 is 1.94 bits per heavy atom. The van der Waals surface area contributed by atoms with Crippen molar-refractivity contribution in [2.24, 2.45) is 0 Å². The first-order valence-electron chi connectivity index (χ1n) is 10.7. The van der Waals surface area contributed by atoms with Gasteiger partial charge < -0.3 is 19.2 Å². The molecule has 2 aromatic carbocycles. The summed E-state index contributed by atoms with van der Waals surface area (Å²) in [5.74, 6) is 1.70. The predicted molar refractivity (Wildman–Crippen MR) is 131 cm³/mol. The molecule has 1 amide bonds. The van der Waals surface area contributed by atoms with Crippen LogP contribution in [0.5, 0.6) is 11.5 Å². The SMILES string of the molecule is CCOc1ccc(-c2coc3cc(OC)c(/C(C)=C/C(=O)Nc4ccc(C)cn4)cc23)cc1. The average Bonchev–Trinajstić information content (AvgIpc) is 3.23. The fourth-order valence-corrected chi connectivity index (χ4v) is 3.63. The normalized spacial score (nSPS) is 11.5. The molecule has 2 heterocycles. The second-order valence-corrected chi connectivity index (χ2v) is 7.69. The van der Waals surface area contributed by atoms with Gasteiger partial charge in [-0.05, 0) is 61.7 Å². The number of hydrogen-bond donors (Lipinski definition) is 1. The van der Waals surface area contributed by atoms with Crippen LogP contribution in [0, 0.1) is 6.92 Å². The van der Waals surface area contributed by atoms with Crippen molar-refractivity contribution < 1.29 is 18.7 Å². The second-order valence-electron chi connectivity index (χ2n) is 7.69. The molecule has 168 valence electrons. The molecule has 0 aliphatic rings. The van der Waals surface area contributed by atoms with Gasteiger partial charge in [-0.25, -0.2) is 4.98 Å². The van der Waals surface area contributed by atoms with Crippen molar-refractivity contribution >= 4 is 28.3 Å². The smallest absolute Gasteiger partial charge is 0.249 e. The molecule has 2 aromatic heterocycles. The highest BCUT2D eigenvalue weighted by atomic mass is 16.5. The van der Waals surface area contributed by atoms with E-state index < -0.39 is 0 Å². The Morgan fingerprint density at radius 3 is 2.61 bits per heavy atom. The van der Waals surface area contributed by atoms with Crippen molar-refractivity contribution in [2.45, 2.75) is 20.8 Å². The highest BCUT2D eigenvalue weighted by Crippen LogP contribution is 2.37. The Bertz CT molecular complexity index is 1300. The number of aromatic nitrogens is 1. The van der Waals surface area contributed by atoms with Gasteiger partial charge in [0.1, 0.15) is 22.9 Å². The molecule has 0 saturated heterocycles. The summed E-state index contributed by atoms with van der Waals surface area (Å²) in [6, 6.07) is 15.4. The van der Waals surface area contributed by atoms with Crippen LogP contribution in [0.25, 0.3) is 27.7 Å². The van der Waals surface area contributed by atoms with E-state index in [1.54, 1.807) is 31.7 Å². The van der Waals surface area contributed by atoms with E-state index in [4.69, 9.17) is 13.9 Å². The van der Waals surface area contributed by atoms with E-state index in [9.17, 15) is 4.79 Å². The molecular formula is C27H26N2O4. The van der Waals surface area contributed by atoms with Gasteiger partial charge >= 0.3 is 0 Å². The fourth-order valence-electron chi connectivity index (χ4n) is 3.63. The van der Waals surface area contributed by atoms with E-state index in [1.165, 1.54) is 0 Å². The molecule has 0 fully saturated rings. The molecule has 0 radical (unpaired) electrons. The number of amides is 1. The molecule has 6 heteroatoms. The first kappa shape index (κ1) is 22.1. The summed E-state index contributed by atoms with van der Waals surface area (Å²) in [6.45, 7) is 6.40. The van der Waals surface area contributed by atoms with Crippen LogP contribution in [0.1, 0.15) is 25.0 Å². The molecule has 0 aliphatic carbocycles. The molecule has 0 aliphatic heterocycles. The third-order valence-electron chi connectivity index (χ3n) is 5.31. The number of fused-ring (bicyclic) bond motifs is 1. The van der Waals surface area contributed by atoms with Crippen molar-refractivity contribution in [1.29, 1.82) is 0 Å². The number of allylic oxidation sites excluding steroid dienone is 1. The Hall–Kier alpha value is -4.06. The van der Waals surface area contributed by atoms with Gasteiger partial charge in [0.2, 0.25) is 5.91 Å². The molecule has 0 bridgehead atoms. The maximum absolute atomic E-state index is 12.6. The van der Waals surface area contributed by atoms with Crippen molar-refractivity contribution in [2.75, 3.05) is 19.0 Å². The Labute approximate surface area is 192 Å². The number of nitrogens with one attached hydrogen (secondary N) is 1. The van der Waals surface area contributed by atoms with Gasteiger partial charge in [0.25, 0.3) is 0 Å². The van der Waals surface area contributed by atoms with Gasteiger partial charge in [-0.2, -0.15) is 0 Å². The molecule has 0 unspecified atom stereocenters.